The molecule has 1 amide bonds. The van der Waals surface area contributed by atoms with E-state index in [-0.39, 0.29) is 5.91 Å². The Hall–Kier alpha value is -2.91. The van der Waals surface area contributed by atoms with Crippen LogP contribution in [0.3, 0.4) is 0 Å². The Morgan fingerprint density at radius 1 is 1.06 bits per heavy atom. The zero-order valence-electron chi connectivity index (χ0n) is 19.4. The number of aromatic nitrogens is 3. The number of benzene rings is 2. The summed E-state index contributed by atoms with van der Waals surface area (Å²) in [4.78, 5) is 21.7. The number of nitrogens with zero attached hydrogens (tertiary/aromatic N) is 5. The number of rotatable bonds is 7. The number of para-hydroxylation sites is 1. The molecule has 1 saturated heterocycles. The van der Waals surface area contributed by atoms with Crippen molar-refractivity contribution in [1.82, 2.24) is 20.1 Å². The predicted octanol–water partition coefficient (Wildman–Crippen LogP) is 4.52. The number of carbonyl (C=O) groups is 1. The lowest BCUT2D eigenvalue weighted by Crippen LogP contribution is -2.49. The third kappa shape index (κ3) is 5.26. The van der Waals surface area contributed by atoms with E-state index in [4.69, 9.17) is 4.42 Å². The average Bonchev–Trinajstić information content (AvgIpc) is 3.49. The molecule has 1 fully saturated rings. The highest BCUT2D eigenvalue weighted by Crippen LogP contribution is 2.25. The van der Waals surface area contributed by atoms with Crippen LogP contribution < -0.4 is 4.90 Å². The maximum atomic E-state index is 12.7. The molecule has 7 nitrogen and oxygen atoms in total. The zero-order chi connectivity index (χ0) is 23.5. The van der Waals surface area contributed by atoms with Crippen LogP contribution >= 0.6 is 23.1 Å². The van der Waals surface area contributed by atoms with Gasteiger partial charge in [-0.2, -0.15) is 0 Å². The third-order valence-electron chi connectivity index (χ3n) is 6.00. The Kier molecular flexibility index (Phi) is 6.82. The first-order chi connectivity index (χ1) is 16.5. The molecule has 1 aliphatic rings. The number of thiazole rings is 1. The van der Waals surface area contributed by atoms with E-state index in [0.29, 0.717) is 23.3 Å². The summed E-state index contributed by atoms with van der Waals surface area (Å²) < 4.78 is 6.94. The summed E-state index contributed by atoms with van der Waals surface area (Å²) in [5.41, 5.74) is 4.83. The van der Waals surface area contributed by atoms with E-state index in [1.54, 1.807) is 11.3 Å². The van der Waals surface area contributed by atoms with Gasteiger partial charge in [0.2, 0.25) is 11.8 Å². The number of hydrogen-bond acceptors (Lipinski definition) is 8. The molecule has 0 atom stereocenters. The number of aryl methyl sites for hydroxylation is 4. The minimum atomic E-state index is 0.111. The molecule has 0 aliphatic carbocycles. The molecule has 4 aromatic rings. The van der Waals surface area contributed by atoms with Crippen molar-refractivity contribution >= 4 is 44.9 Å². The van der Waals surface area contributed by atoms with E-state index in [2.05, 4.69) is 58.2 Å². The monoisotopic (exact) mass is 493 g/mol. The fraction of sp³-hybridized carbons (Fsp3) is 0.360. The van der Waals surface area contributed by atoms with Crippen LogP contribution in [-0.4, -0.2) is 57.9 Å². The molecule has 5 rings (SSSR count). The summed E-state index contributed by atoms with van der Waals surface area (Å²) in [6.45, 7) is 7.40. The van der Waals surface area contributed by atoms with Crippen LogP contribution in [0.1, 0.15) is 22.0 Å². The molecule has 2 aromatic heterocycles. The zero-order valence-corrected chi connectivity index (χ0v) is 21.0. The minimum Gasteiger partial charge on any atom is -0.416 e. The third-order valence-corrected chi connectivity index (χ3v) is 7.90. The standard InChI is InChI=1S/C25H27N5O2S2/c1-17-7-8-18(2)20(15-17)29-11-13-30(14-12-29)24(31)16-33-25-28-27-22(32-25)9-10-23-26-19-5-3-4-6-21(19)34-23/h3-8,15H,9-14,16H2,1-2H3. The van der Waals surface area contributed by atoms with Crippen molar-refractivity contribution in [3.8, 4) is 0 Å². The lowest BCUT2D eigenvalue weighted by atomic mass is 10.1. The van der Waals surface area contributed by atoms with E-state index in [0.717, 1.165) is 43.1 Å². The second kappa shape index (κ2) is 10.1. The Morgan fingerprint density at radius 3 is 2.71 bits per heavy atom. The Labute approximate surface area is 207 Å². The number of carbonyl (C=O) groups excluding carboxylic acids is 1. The second-order valence-electron chi connectivity index (χ2n) is 8.48. The molecule has 0 N–H and O–H groups in total. The summed E-state index contributed by atoms with van der Waals surface area (Å²) >= 11 is 3.01. The van der Waals surface area contributed by atoms with Crippen molar-refractivity contribution in [3.05, 3.63) is 64.5 Å². The van der Waals surface area contributed by atoms with Crippen LogP contribution in [0.25, 0.3) is 10.2 Å². The van der Waals surface area contributed by atoms with Crippen molar-refractivity contribution in [3.63, 3.8) is 0 Å². The summed E-state index contributed by atoms with van der Waals surface area (Å²) in [5, 5.41) is 9.76. The molecule has 0 bridgehead atoms. The lowest BCUT2D eigenvalue weighted by molar-refractivity contribution is -0.128. The maximum absolute atomic E-state index is 12.7. The largest absolute Gasteiger partial charge is 0.416 e. The van der Waals surface area contributed by atoms with Gasteiger partial charge in [0, 0.05) is 44.7 Å². The molecule has 3 heterocycles. The molecule has 0 radical (unpaired) electrons. The van der Waals surface area contributed by atoms with Crippen LogP contribution in [0.2, 0.25) is 0 Å². The Morgan fingerprint density at radius 2 is 1.88 bits per heavy atom. The molecular weight excluding hydrogens is 466 g/mol. The summed E-state index contributed by atoms with van der Waals surface area (Å²) in [7, 11) is 0. The maximum Gasteiger partial charge on any atom is 0.277 e. The van der Waals surface area contributed by atoms with Gasteiger partial charge in [-0.25, -0.2) is 4.98 Å². The fourth-order valence-corrected chi connectivity index (χ4v) is 5.76. The summed E-state index contributed by atoms with van der Waals surface area (Å²) in [5.74, 6) is 0.999. The van der Waals surface area contributed by atoms with Crippen LogP contribution in [0, 0.1) is 13.8 Å². The van der Waals surface area contributed by atoms with Crippen LogP contribution in [0.4, 0.5) is 5.69 Å². The van der Waals surface area contributed by atoms with Gasteiger partial charge in [0.15, 0.2) is 0 Å². The van der Waals surface area contributed by atoms with Crippen LogP contribution in [0.5, 0.6) is 0 Å². The molecule has 0 saturated carbocycles. The van der Waals surface area contributed by atoms with Crippen molar-refractivity contribution in [2.45, 2.75) is 31.9 Å². The number of hydrogen-bond donors (Lipinski definition) is 0. The lowest BCUT2D eigenvalue weighted by Gasteiger charge is -2.37. The molecular formula is C25H27N5O2S2. The van der Waals surface area contributed by atoms with E-state index in [9.17, 15) is 4.79 Å². The van der Waals surface area contributed by atoms with E-state index in [1.165, 1.54) is 33.3 Å². The van der Waals surface area contributed by atoms with Crippen LogP contribution in [-0.2, 0) is 17.6 Å². The smallest absolute Gasteiger partial charge is 0.277 e. The van der Waals surface area contributed by atoms with Gasteiger partial charge in [0.1, 0.15) is 0 Å². The average molecular weight is 494 g/mol. The van der Waals surface area contributed by atoms with Crippen molar-refractivity contribution in [2.24, 2.45) is 0 Å². The highest BCUT2D eigenvalue weighted by molar-refractivity contribution is 7.99. The number of fused-ring (bicyclic) bond motifs is 1. The summed E-state index contributed by atoms with van der Waals surface area (Å²) in [6, 6.07) is 14.7. The van der Waals surface area contributed by atoms with E-state index >= 15 is 0 Å². The molecule has 176 valence electrons. The molecule has 34 heavy (non-hydrogen) atoms. The van der Waals surface area contributed by atoms with Gasteiger partial charge in [-0.1, -0.05) is 36.0 Å². The number of amides is 1. The first-order valence-corrected chi connectivity index (χ1v) is 13.2. The second-order valence-corrected chi connectivity index (χ2v) is 10.5. The van der Waals surface area contributed by atoms with E-state index < -0.39 is 0 Å². The van der Waals surface area contributed by atoms with Crippen molar-refractivity contribution in [2.75, 3.05) is 36.8 Å². The van der Waals surface area contributed by atoms with Crippen molar-refractivity contribution < 1.29 is 9.21 Å². The SMILES string of the molecule is Cc1ccc(C)c(N2CCN(C(=O)CSc3nnc(CCc4nc5ccccc5s4)o3)CC2)c1. The number of piperazine rings is 1. The van der Waals surface area contributed by atoms with Gasteiger partial charge in [-0.3, -0.25) is 4.79 Å². The van der Waals surface area contributed by atoms with Gasteiger partial charge in [0.05, 0.1) is 21.0 Å². The molecule has 9 heteroatoms. The first kappa shape index (κ1) is 22.9. The van der Waals surface area contributed by atoms with Gasteiger partial charge in [-0.15, -0.1) is 21.5 Å². The molecule has 0 spiro atoms. The fourth-order valence-electron chi connectivity index (χ4n) is 4.11. The highest BCUT2D eigenvalue weighted by atomic mass is 32.2. The Balaban J connectivity index is 1.08. The van der Waals surface area contributed by atoms with Gasteiger partial charge in [0.25, 0.3) is 5.22 Å². The predicted molar refractivity (Wildman–Crippen MR) is 137 cm³/mol. The number of anilines is 1. The Bertz CT molecular complexity index is 1260. The van der Waals surface area contributed by atoms with Gasteiger partial charge in [-0.05, 0) is 43.2 Å². The van der Waals surface area contributed by atoms with E-state index in [1.807, 2.05) is 23.1 Å². The van der Waals surface area contributed by atoms with Gasteiger partial charge < -0.3 is 14.2 Å². The van der Waals surface area contributed by atoms with Crippen LogP contribution in [0.15, 0.2) is 52.1 Å². The molecule has 2 aromatic carbocycles. The minimum absolute atomic E-state index is 0.111. The highest BCUT2D eigenvalue weighted by Gasteiger charge is 2.23. The molecule has 0 unspecified atom stereocenters. The topological polar surface area (TPSA) is 75.4 Å². The molecule has 1 aliphatic heterocycles. The number of thioether (sulfide) groups is 1. The summed E-state index contributed by atoms with van der Waals surface area (Å²) in [6.07, 6.45) is 1.40. The first-order valence-electron chi connectivity index (χ1n) is 11.4. The normalized spacial score (nSPS) is 14.2. The van der Waals surface area contributed by atoms with Gasteiger partial charge >= 0.3 is 0 Å². The quantitative estimate of drug-likeness (QED) is 0.350. The van der Waals surface area contributed by atoms with Crippen molar-refractivity contribution in [1.29, 1.82) is 0 Å².